The molecule has 0 bridgehead atoms. The van der Waals surface area contributed by atoms with E-state index in [1.54, 1.807) is 18.2 Å². The molecule has 1 aromatic rings. The third-order valence-electron chi connectivity index (χ3n) is 8.92. The number of hydrogen-bond acceptors (Lipinski definition) is 5. The molecule has 7 N–H and O–H groups in total. The van der Waals surface area contributed by atoms with Gasteiger partial charge in [-0.25, -0.2) is 0 Å². The van der Waals surface area contributed by atoms with Crippen molar-refractivity contribution < 1.29 is 23.4 Å². The van der Waals surface area contributed by atoms with Crippen LogP contribution in [0.25, 0.3) is 11.6 Å². The first-order valence-corrected chi connectivity index (χ1v) is 13.4. The zero-order chi connectivity index (χ0) is 27.9. The lowest BCUT2D eigenvalue weighted by Crippen LogP contribution is -2.51. The largest absolute Gasteiger partial charge is 0.413 e. The molecule has 5 atom stereocenters. The Morgan fingerprint density at radius 1 is 1.16 bits per heavy atom. The summed E-state index contributed by atoms with van der Waals surface area (Å²) >= 11 is 0. The average molecular weight is 532 g/mol. The van der Waals surface area contributed by atoms with Gasteiger partial charge in [0.2, 0.25) is 0 Å². The monoisotopic (exact) mass is 531 g/mol. The van der Waals surface area contributed by atoms with Crippen molar-refractivity contribution in [3.8, 4) is 0 Å². The van der Waals surface area contributed by atoms with Crippen LogP contribution < -0.4 is 16.8 Å². The van der Waals surface area contributed by atoms with Gasteiger partial charge in [-0.2, -0.15) is 13.2 Å². The van der Waals surface area contributed by atoms with E-state index < -0.39 is 28.9 Å². The van der Waals surface area contributed by atoms with Crippen LogP contribution in [0, 0.1) is 17.3 Å². The molecule has 1 saturated carbocycles. The third-order valence-corrected chi connectivity index (χ3v) is 8.92. The second-order valence-corrected chi connectivity index (χ2v) is 11.4. The Labute approximate surface area is 223 Å². The zero-order valence-corrected chi connectivity index (χ0v) is 22.4. The third kappa shape index (κ3) is 4.94. The van der Waals surface area contributed by atoms with Crippen LogP contribution in [0.5, 0.6) is 0 Å². The second kappa shape index (κ2) is 10.5. The van der Waals surface area contributed by atoms with Crippen molar-refractivity contribution in [1.29, 1.82) is 0 Å². The van der Waals surface area contributed by atoms with Gasteiger partial charge in [-0.15, -0.1) is 0 Å². The minimum Gasteiger partial charge on any atom is -0.405 e. The smallest absolute Gasteiger partial charge is 0.405 e. The number of alkyl halides is 3. The van der Waals surface area contributed by atoms with Gasteiger partial charge in [-0.3, -0.25) is 0 Å². The predicted molar refractivity (Wildman–Crippen MR) is 147 cm³/mol. The molecule has 4 aliphatic rings. The lowest BCUT2D eigenvalue weighted by atomic mass is 9.56. The Kier molecular flexibility index (Phi) is 7.90. The maximum Gasteiger partial charge on any atom is 0.413 e. The minimum atomic E-state index is -4.57. The lowest BCUT2D eigenvalue weighted by Gasteiger charge is -2.50. The average Bonchev–Trinajstić information content (AvgIpc) is 3.12. The first-order valence-electron chi connectivity index (χ1n) is 13.4. The van der Waals surface area contributed by atoms with E-state index in [0.717, 1.165) is 28.7 Å². The van der Waals surface area contributed by atoms with Gasteiger partial charge in [0, 0.05) is 22.6 Å². The van der Waals surface area contributed by atoms with Gasteiger partial charge in [0.25, 0.3) is 0 Å². The number of aliphatic hydroxyl groups excluding tert-OH is 1. The fourth-order valence-electron chi connectivity index (χ4n) is 7.19. The first-order chi connectivity index (χ1) is 17.9. The van der Waals surface area contributed by atoms with E-state index >= 15 is 0 Å². The van der Waals surface area contributed by atoms with Gasteiger partial charge >= 0.3 is 6.18 Å². The molecule has 1 aromatic carbocycles. The number of nitrogens with one attached hydrogen (secondary N) is 1. The topological polar surface area (TPSA) is 105 Å². The molecule has 0 heterocycles. The molecular formula is C30H40F3N3O2. The number of rotatable bonds is 2. The Balaban J connectivity index is 0.00000107. The number of nitrogen functional groups attached to an aromatic ring is 1. The number of halogens is 3. The highest BCUT2D eigenvalue weighted by molar-refractivity contribution is 5.78. The number of aliphatic hydroxyl groups is 2. The van der Waals surface area contributed by atoms with Crippen molar-refractivity contribution in [2.75, 3.05) is 19.8 Å². The highest BCUT2D eigenvalue weighted by Crippen LogP contribution is 2.64. The van der Waals surface area contributed by atoms with Crippen LogP contribution >= 0.6 is 0 Å². The molecular weight excluding hydrogens is 491 g/mol. The summed E-state index contributed by atoms with van der Waals surface area (Å²) in [7, 11) is 3.75. The molecule has 38 heavy (non-hydrogen) atoms. The highest BCUT2D eigenvalue weighted by Gasteiger charge is 2.60. The number of allylic oxidation sites excluding steroid dienone is 3. The molecule has 4 unspecified atom stereocenters. The summed E-state index contributed by atoms with van der Waals surface area (Å²) in [6.45, 7) is 1.86. The van der Waals surface area contributed by atoms with Gasteiger partial charge in [0.05, 0.1) is 11.7 Å². The molecule has 0 aliphatic heterocycles. The summed E-state index contributed by atoms with van der Waals surface area (Å²) in [5.74, 6) is -0.268. The van der Waals surface area contributed by atoms with Crippen molar-refractivity contribution in [2.45, 2.75) is 69.8 Å². The van der Waals surface area contributed by atoms with Crippen molar-refractivity contribution in [2.24, 2.45) is 23.0 Å². The van der Waals surface area contributed by atoms with Gasteiger partial charge in [0.15, 0.2) is 0 Å². The SMILES string of the molecule is CC12CC(C(F)(F)F)=C3C=C4CC(O)CCC4CC[C@]3(O)C1CC=C2c1ccc(/C=C\N)c(N)c1.CNC. The molecule has 5 nitrogen and oxygen atoms in total. The molecule has 4 aliphatic carbocycles. The van der Waals surface area contributed by atoms with E-state index in [4.69, 9.17) is 11.5 Å². The summed E-state index contributed by atoms with van der Waals surface area (Å²) in [5.41, 5.74) is 12.3. The number of hydrogen-bond donors (Lipinski definition) is 5. The lowest BCUT2D eigenvalue weighted by molar-refractivity contribution is -0.113. The fraction of sp³-hybridized carbons (Fsp3) is 0.533. The number of nitrogens with two attached hydrogens (primary N) is 2. The molecule has 5 rings (SSSR count). The summed E-state index contributed by atoms with van der Waals surface area (Å²) in [6.07, 6.45) is 4.54. The van der Waals surface area contributed by atoms with Gasteiger partial charge in [0.1, 0.15) is 0 Å². The van der Waals surface area contributed by atoms with Crippen molar-refractivity contribution in [1.82, 2.24) is 5.32 Å². The second-order valence-electron chi connectivity index (χ2n) is 11.4. The fourth-order valence-corrected chi connectivity index (χ4v) is 7.19. The maximum atomic E-state index is 14.6. The van der Waals surface area contributed by atoms with Crippen molar-refractivity contribution in [3.05, 3.63) is 64.4 Å². The summed E-state index contributed by atoms with van der Waals surface area (Å²) in [6, 6.07) is 5.48. The summed E-state index contributed by atoms with van der Waals surface area (Å²) in [4.78, 5) is 0. The van der Waals surface area contributed by atoms with Crippen LogP contribution in [-0.2, 0) is 0 Å². The van der Waals surface area contributed by atoms with Crippen LogP contribution in [0.15, 0.2) is 53.3 Å². The molecule has 0 saturated heterocycles. The van der Waals surface area contributed by atoms with E-state index in [1.165, 1.54) is 6.20 Å². The molecule has 0 spiro atoms. The number of anilines is 1. The molecule has 8 heteroatoms. The van der Waals surface area contributed by atoms with E-state index in [-0.39, 0.29) is 30.3 Å². The van der Waals surface area contributed by atoms with Crippen molar-refractivity contribution >= 4 is 17.3 Å². The van der Waals surface area contributed by atoms with Gasteiger partial charge < -0.3 is 27.0 Å². The van der Waals surface area contributed by atoms with Gasteiger partial charge in [-0.05, 0) is 106 Å². The van der Waals surface area contributed by atoms with Crippen molar-refractivity contribution in [3.63, 3.8) is 0 Å². The van der Waals surface area contributed by atoms with Gasteiger partial charge in [-0.1, -0.05) is 36.8 Å². The van der Waals surface area contributed by atoms with E-state index in [0.29, 0.717) is 31.4 Å². The van der Waals surface area contributed by atoms with E-state index in [2.05, 4.69) is 5.32 Å². The van der Waals surface area contributed by atoms with Crippen LogP contribution in [0.4, 0.5) is 18.9 Å². The van der Waals surface area contributed by atoms with E-state index in [1.807, 2.05) is 39.2 Å². The summed E-state index contributed by atoms with van der Waals surface area (Å²) in [5, 5.41) is 25.1. The molecule has 0 radical (unpaired) electrons. The zero-order valence-electron chi connectivity index (χ0n) is 22.4. The highest BCUT2D eigenvalue weighted by atomic mass is 19.4. The standard InChI is InChI=1S/C28H33F3N2O2.C2H7N/c1-26-15-23(28(29,30)31)22-13-19-12-20(34)5-4-16(19)8-10-27(22,35)25(26)7-6-21(26)18-3-2-17(9-11-32)24(33)14-18;1-3-2/h2-3,6,9,11,13-14,16,20,25,34-35H,4-5,7-8,10,12,15,32-33H2,1H3;3H,1-2H3/b11-9-;/t16?,20?,25?,26?,27-;/m1./s1. The molecule has 0 amide bonds. The Bertz CT molecular complexity index is 1190. The van der Waals surface area contributed by atoms with Crippen LogP contribution in [-0.4, -0.2) is 42.2 Å². The van der Waals surface area contributed by atoms with E-state index in [9.17, 15) is 23.4 Å². The predicted octanol–water partition coefficient (Wildman–Crippen LogP) is 5.32. The Hall–Kier alpha value is -2.55. The number of benzene rings is 1. The Morgan fingerprint density at radius 2 is 1.87 bits per heavy atom. The van der Waals surface area contributed by atoms with Crippen LogP contribution in [0.1, 0.15) is 63.0 Å². The normalized spacial score (nSPS) is 32.9. The summed E-state index contributed by atoms with van der Waals surface area (Å²) < 4.78 is 43.7. The first kappa shape index (κ1) is 28.5. The molecule has 208 valence electrons. The van der Waals surface area contributed by atoms with Crippen LogP contribution in [0.3, 0.4) is 0 Å². The maximum absolute atomic E-state index is 14.6. The quantitative estimate of drug-likeness (QED) is 0.333. The number of fused-ring (bicyclic) bond motifs is 4. The molecule has 0 aromatic heterocycles. The molecule has 1 fully saturated rings. The van der Waals surface area contributed by atoms with Crippen LogP contribution in [0.2, 0.25) is 0 Å². The Morgan fingerprint density at radius 3 is 2.50 bits per heavy atom. The minimum absolute atomic E-state index is 0.0247.